The zero-order valence-corrected chi connectivity index (χ0v) is 16.6. The maximum absolute atomic E-state index is 12.2. The predicted molar refractivity (Wildman–Crippen MR) is 101 cm³/mol. The molecule has 0 aliphatic carbocycles. The lowest BCUT2D eigenvalue weighted by atomic mass is 10.1. The number of rotatable bonds is 8. The molecule has 28 heavy (non-hydrogen) atoms. The van der Waals surface area contributed by atoms with Gasteiger partial charge in [0, 0.05) is 38.4 Å². The lowest BCUT2D eigenvalue weighted by molar-refractivity contribution is -0.385. The Morgan fingerprint density at radius 1 is 1.14 bits per heavy atom. The Balaban J connectivity index is 2.52. The van der Waals surface area contributed by atoms with E-state index in [4.69, 9.17) is 9.47 Å². The van der Waals surface area contributed by atoms with Gasteiger partial charge in [-0.25, -0.2) is 12.7 Å². The third-order valence-electron chi connectivity index (χ3n) is 3.89. The standard InChI is InChI=1S/C18H20N2O7S/c1-12(21)13-5-7-17(14(9-13)11-26-4)27-18-8-6-15(10-16(18)20(22)23)28(24,25)19(2)3/h5-10H,11H2,1-4H3. The van der Waals surface area contributed by atoms with E-state index in [0.717, 1.165) is 10.4 Å². The topological polar surface area (TPSA) is 116 Å². The summed E-state index contributed by atoms with van der Waals surface area (Å²) >= 11 is 0. The highest BCUT2D eigenvalue weighted by atomic mass is 32.2. The highest BCUT2D eigenvalue weighted by Crippen LogP contribution is 2.35. The van der Waals surface area contributed by atoms with Crippen LogP contribution in [0, 0.1) is 10.1 Å². The summed E-state index contributed by atoms with van der Waals surface area (Å²) in [7, 11) is 0.292. The Bertz CT molecular complexity index is 1020. The van der Waals surface area contributed by atoms with Crippen LogP contribution in [0.5, 0.6) is 11.5 Å². The summed E-state index contributed by atoms with van der Waals surface area (Å²) in [6.07, 6.45) is 0. The van der Waals surface area contributed by atoms with Crippen molar-refractivity contribution in [1.82, 2.24) is 4.31 Å². The molecular weight excluding hydrogens is 388 g/mol. The van der Waals surface area contributed by atoms with Gasteiger partial charge in [0.15, 0.2) is 5.78 Å². The molecule has 2 aromatic rings. The number of benzene rings is 2. The monoisotopic (exact) mass is 408 g/mol. The van der Waals surface area contributed by atoms with E-state index in [-0.39, 0.29) is 28.8 Å². The van der Waals surface area contributed by atoms with Gasteiger partial charge in [0.1, 0.15) is 5.75 Å². The summed E-state index contributed by atoms with van der Waals surface area (Å²) < 4.78 is 36.2. The summed E-state index contributed by atoms with van der Waals surface area (Å²) in [5.74, 6) is -0.0121. The van der Waals surface area contributed by atoms with Crippen LogP contribution in [0.4, 0.5) is 5.69 Å². The molecule has 0 saturated heterocycles. The normalized spacial score (nSPS) is 11.5. The van der Waals surface area contributed by atoms with Crippen molar-refractivity contribution in [1.29, 1.82) is 0 Å². The highest BCUT2D eigenvalue weighted by molar-refractivity contribution is 7.89. The van der Waals surface area contributed by atoms with Crippen LogP contribution in [0.1, 0.15) is 22.8 Å². The fourth-order valence-electron chi connectivity index (χ4n) is 2.38. The molecule has 0 radical (unpaired) electrons. The van der Waals surface area contributed by atoms with Crippen LogP contribution in [0.3, 0.4) is 0 Å². The van der Waals surface area contributed by atoms with Crippen molar-refractivity contribution in [2.75, 3.05) is 21.2 Å². The SMILES string of the molecule is COCc1cc(C(C)=O)ccc1Oc1ccc(S(=O)(=O)N(C)C)cc1[N+](=O)[O-]. The number of hydrogen-bond acceptors (Lipinski definition) is 7. The average molecular weight is 408 g/mol. The van der Waals surface area contributed by atoms with E-state index in [1.165, 1.54) is 52.4 Å². The van der Waals surface area contributed by atoms with Crippen LogP contribution in [-0.4, -0.2) is 44.6 Å². The third-order valence-corrected chi connectivity index (χ3v) is 5.70. The third kappa shape index (κ3) is 4.53. The Hall–Kier alpha value is -2.82. The van der Waals surface area contributed by atoms with Gasteiger partial charge < -0.3 is 9.47 Å². The number of methoxy groups -OCH3 is 1. The van der Waals surface area contributed by atoms with Crippen LogP contribution in [0.25, 0.3) is 0 Å². The van der Waals surface area contributed by atoms with Crippen LogP contribution >= 0.6 is 0 Å². The zero-order chi connectivity index (χ0) is 21.1. The Morgan fingerprint density at radius 2 is 1.79 bits per heavy atom. The van der Waals surface area contributed by atoms with Crippen LogP contribution in [-0.2, 0) is 21.4 Å². The van der Waals surface area contributed by atoms with E-state index in [9.17, 15) is 23.3 Å². The first-order valence-electron chi connectivity index (χ1n) is 8.09. The number of sulfonamides is 1. The molecular formula is C18H20N2O7S. The van der Waals surface area contributed by atoms with E-state index >= 15 is 0 Å². The van der Waals surface area contributed by atoms with Crippen molar-refractivity contribution in [3.8, 4) is 11.5 Å². The van der Waals surface area contributed by atoms with Crippen molar-refractivity contribution in [2.24, 2.45) is 0 Å². The first-order chi connectivity index (χ1) is 13.1. The quantitative estimate of drug-likeness (QED) is 0.374. The molecule has 9 nitrogen and oxygen atoms in total. The summed E-state index contributed by atoms with van der Waals surface area (Å²) in [4.78, 5) is 22.1. The average Bonchev–Trinajstić information content (AvgIpc) is 2.62. The largest absolute Gasteiger partial charge is 0.450 e. The number of hydrogen-bond donors (Lipinski definition) is 0. The molecule has 0 fully saturated rings. The van der Waals surface area contributed by atoms with Gasteiger partial charge >= 0.3 is 5.69 Å². The van der Waals surface area contributed by atoms with E-state index in [2.05, 4.69) is 0 Å². The summed E-state index contributed by atoms with van der Waals surface area (Å²) in [5, 5.41) is 11.5. The van der Waals surface area contributed by atoms with Crippen LogP contribution in [0.15, 0.2) is 41.3 Å². The lowest BCUT2D eigenvalue weighted by Gasteiger charge is -2.14. The molecule has 0 spiro atoms. The second-order valence-electron chi connectivity index (χ2n) is 6.09. The molecule has 10 heteroatoms. The molecule has 0 unspecified atom stereocenters. The molecule has 2 aromatic carbocycles. The molecule has 0 atom stereocenters. The van der Waals surface area contributed by atoms with Crippen LogP contribution in [0.2, 0.25) is 0 Å². The molecule has 0 aromatic heterocycles. The number of nitro groups is 1. The molecule has 0 aliphatic heterocycles. The van der Waals surface area contributed by atoms with Gasteiger partial charge in [-0.3, -0.25) is 14.9 Å². The summed E-state index contributed by atoms with van der Waals surface area (Å²) in [6, 6.07) is 8.04. The smallest absolute Gasteiger partial charge is 0.312 e. The number of carbonyl (C=O) groups excluding carboxylic acids is 1. The van der Waals surface area contributed by atoms with E-state index in [0.29, 0.717) is 11.1 Å². The van der Waals surface area contributed by atoms with Gasteiger partial charge in [-0.15, -0.1) is 0 Å². The van der Waals surface area contributed by atoms with Crippen molar-refractivity contribution < 1.29 is 27.6 Å². The van der Waals surface area contributed by atoms with Crippen molar-refractivity contribution in [2.45, 2.75) is 18.4 Å². The van der Waals surface area contributed by atoms with E-state index < -0.39 is 20.6 Å². The first kappa shape index (κ1) is 21.5. The number of carbonyl (C=O) groups is 1. The Labute approximate surface area is 162 Å². The zero-order valence-electron chi connectivity index (χ0n) is 15.8. The number of ether oxygens (including phenoxy) is 2. The van der Waals surface area contributed by atoms with Crippen molar-refractivity contribution in [3.05, 3.63) is 57.6 Å². The van der Waals surface area contributed by atoms with Gasteiger partial charge in [-0.2, -0.15) is 0 Å². The van der Waals surface area contributed by atoms with Crippen molar-refractivity contribution in [3.63, 3.8) is 0 Å². The number of Topliss-reactive ketones (excluding diaryl/α,β-unsaturated/α-hetero) is 1. The lowest BCUT2D eigenvalue weighted by Crippen LogP contribution is -2.22. The molecule has 0 N–H and O–H groups in total. The predicted octanol–water partition coefficient (Wildman–Crippen LogP) is 2.99. The fourth-order valence-corrected chi connectivity index (χ4v) is 3.30. The van der Waals surface area contributed by atoms with Gasteiger partial charge in [0.25, 0.3) is 0 Å². The van der Waals surface area contributed by atoms with E-state index in [1.807, 2.05) is 0 Å². The maximum atomic E-state index is 12.2. The summed E-state index contributed by atoms with van der Waals surface area (Å²) in [6.45, 7) is 1.54. The van der Waals surface area contributed by atoms with Gasteiger partial charge in [-0.1, -0.05) is 0 Å². The van der Waals surface area contributed by atoms with Crippen molar-refractivity contribution >= 4 is 21.5 Å². The number of nitrogens with zero attached hydrogens (tertiary/aromatic N) is 2. The molecule has 0 saturated carbocycles. The van der Waals surface area contributed by atoms with Crippen LogP contribution < -0.4 is 4.74 Å². The minimum atomic E-state index is -3.84. The second-order valence-corrected chi connectivity index (χ2v) is 8.24. The molecule has 0 amide bonds. The Morgan fingerprint density at radius 3 is 2.32 bits per heavy atom. The molecule has 0 aliphatic rings. The Kier molecular flexibility index (Phi) is 6.49. The number of ketones is 1. The first-order valence-corrected chi connectivity index (χ1v) is 9.53. The highest BCUT2D eigenvalue weighted by Gasteiger charge is 2.24. The molecule has 0 bridgehead atoms. The second kappa shape index (κ2) is 8.46. The van der Waals surface area contributed by atoms with Gasteiger partial charge in [0.05, 0.1) is 16.4 Å². The number of nitro benzene ring substituents is 1. The minimum Gasteiger partial charge on any atom is -0.450 e. The van der Waals surface area contributed by atoms with E-state index in [1.54, 1.807) is 6.07 Å². The molecule has 150 valence electrons. The van der Waals surface area contributed by atoms with Gasteiger partial charge in [0.2, 0.25) is 15.8 Å². The van der Waals surface area contributed by atoms with Gasteiger partial charge in [-0.05, 0) is 37.3 Å². The molecule has 0 heterocycles. The molecule has 2 rings (SSSR count). The maximum Gasteiger partial charge on any atom is 0.312 e. The minimum absolute atomic E-state index is 0.122. The fraction of sp³-hybridized carbons (Fsp3) is 0.278. The summed E-state index contributed by atoms with van der Waals surface area (Å²) in [5.41, 5.74) is 0.470.